The third-order valence-corrected chi connectivity index (χ3v) is 2.57. The summed E-state index contributed by atoms with van der Waals surface area (Å²) >= 11 is 0. The highest BCUT2D eigenvalue weighted by molar-refractivity contribution is 5.92. The molecule has 1 rings (SSSR count). The van der Waals surface area contributed by atoms with Gasteiger partial charge in [-0.3, -0.25) is 4.79 Å². The van der Waals surface area contributed by atoms with Crippen LogP contribution in [0.1, 0.15) is 28.8 Å². The van der Waals surface area contributed by atoms with E-state index < -0.39 is 12.0 Å². The van der Waals surface area contributed by atoms with Crippen molar-refractivity contribution < 1.29 is 14.7 Å². The molecule has 0 saturated carbocycles. The van der Waals surface area contributed by atoms with E-state index in [-0.39, 0.29) is 0 Å². The molecule has 0 saturated heterocycles. The van der Waals surface area contributed by atoms with E-state index >= 15 is 0 Å². The summed E-state index contributed by atoms with van der Waals surface area (Å²) in [5.41, 5.74) is 6.67. The summed E-state index contributed by atoms with van der Waals surface area (Å²) in [5.74, 6) is 4.78. The van der Waals surface area contributed by atoms with Crippen LogP contribution in [0.25, 0.3) is 0 Å². The first kappa shape index (κ1) is 14.0. The van der Waals surface area contributed by atoms with Gasteiger partial charge in [-0.2, -0.15) is 0 Å². The number of carboxylic acid groups (broad SMARTS) is 1. The van der Waals surface area contributed by atoms with Crippen LogP contribution in [0.2, 0.25) is 0 Å². The molecule has 0 aliphatic carbocycles. The predicted octanol–water partition coefficient (Wildman–Crippen LogP) is 0.962. The lowest BCUT2D eigenvalue weighted by Gasteiger charge is -2.11. The summed E-state index contributed by atoms with van der Waals surface area (Å²) in [7, 11) is 0. The third kappa shape index (κ3) is 4.42. The molecule has 0 aliphatic heterocycles. The molecule has 0 fully saturated rings. The van der Waals surface area contributed by atoms with E-state index in [2.05, 4.69) is 0 Å². The molecule has 6 heteroatoms. The maximum atomic E-state index is 11.0. The molecule has 98 valence electrons. The summed E-state index contributed by atoms with van der Waals surface area (Å²) in [4.78, 5) is 21.4. The average molecular weight is 251 g/mol. The van der Waals surface area contributed by atoms with Crippen LogP contribution < -0.4 is 11.6 Å². The zero-order valence-corrected chi connectivity index (χ0v) is 10.0. The van der Waals surface area contributed by atoms with Gasteiger partial charge in [0.15, 0.2) is 0 Å². The highest BCUT2D eigenvalue weighted by atomic mass is 16.4. The Kier molecular flexibility index (Phi) is 5.13. The van der Waals surface area contributed by atoms with E-state index in [1.165, 1.54) is 0 Å². The number of nitrogens with zero attached hydrogens (tertiary/aromatic N) is 1. The van der Waals surface area contributed by atoms with Gasteiger partial charge in [-0.15, -0.1) is 0 Å². The Labute approximate surface area is 105 Å². The van der Waals surface area contributed by atoms with Gasteiger partial charge in [0.05, 0.1) is 0 Å². The summed E-state index contributed by atoms with van der Waals surface area (Å²) in [5, 5.41) is 9.31. The lowest BCUT2D eigenvalue weighted by atomic mass is 10.0. The lowest BCUT2D eigenvalue weighted by molar-refractivity contribution is 0.1000. The van der Waals surface area contributed by atoms with Crippen LogP contribution in [0, 0.1) is 0 Å². The van der Waals surface area contributed by atoms with Crippen molar-refractivity contribution in [2.24, 2.45) is 11.6 Å². The molecule has 0 spiro atoms. The number of rotatable bonds is 6. The first-order valence-corrected chi connectivity index (χ1v) is 5.64. The SMILES string of the molecule is NC(=O)c1cccc(CCCCN(N)C(=O)O)c1. The Bertz CT molecular complexity index is 434. The number of primary amides is 1. The molecule has 0 radical (unpaired) electrons. The molecule has 0 atom stereocenters. The second kappa shape index (κ2) is 6.61. The van der Waals surface area contributed by atoms with Crippen molar-refractivity contribution >= 4 is 12.0 Å². The molecule has 1 aromatic rings. The van der Waals surface area contributed by atoms with Crippen LogP contribution in [0.5, 0.6) is 0 Å². The van der Waals surface area contributed by atoms with Gasteiger partial charge >= 0.3 is 6.09 Å². The molecule has 5 N–H and O–H groups in total. The van der Waals surface area contributed by atoms with Crippen LogP contribution in [-0.2, 0) is 6.42 Å². The van der Waals surface area contributed by atoms with Crippen molar-refractivity contribution in [3.05, 3.63) is 35.4 Å². The number of amides is 2. The number of aryl methyl sites for hydroxylation is 1. The maximum absolute atomic E-state index is 11.0. The van der Waals surface area contributed by atoms with Gasteiger partial charge < -0.3 is 10.8 Å². The fraction of sp³-hybridized carbons (Fsp3) is 0.333. The fourth-order valence-corrected chi connectivity index (χ4v) is 1.59. The largest absolute Gasteiger partial charge is 0.464 e. The molecule has 0 heterocycles. The van der Waals surface area contributed by atoms with Gasteiger partial charge in [0.2, 0.25) is 5.91 Å². The topological polar surface area (TPSA) is 110 Å². The molecular formula is C12H17N3O3. The fourth-order valence-electron chi connectivity index (χ4n) is 1.59. The normalized spacial score (nSPS) is 10.1. The van der Waals surface area contributed by atoms with Crippen molar-refractivity contribution in [1.29, 1.82) is 0 Å². The molecule has 0 aromatic heterocycles. The molecule has 2 amide bonds. The zero-order chi connectivity index (χ0) is 13.5. The van der Waals surface area contributed by atoms with Crippen LogP contribution >= 0.6 is 0 Å². The zero-order valence-electron chi connectivity index (χ0n) is 10.0. The molecule has 0 bridgehead atoms. The number of benzene rings is 1. The molecule has 0 aliphatic rings. The van der Waals surface area contributed by atoms with Crippen molar-refractivity contribution in [3.8, 4) is 0 Å². The minimum Gasteiger partial charge on any atom is -0.464 e. The van der Waals surface area contributed by atoms with Crippen molar-refractivity contribution in [1.82, 2.24) is 5.01 Å². The van der Waals surface area contributed by atoms with E-state index in [0.717, 1.165) is 23.4 Å². The number of hydrogen-bond donors (Lipinski definition) is 3. The molecule has 18 heavy (non-hydrogen) atoms. The van der Waals surface area contributed by atoms with Crippen LogP contribution in [-0.4, -0.2) is 28.7 Å². The van der Waals surface area contributed by atoms with E-state index in [1.807, 2.05) is 6.07 Å². The standard InChI is InChI=1S/C12H17N3O3/c13-11(16)10-6-3-5-9(8-10)4-1-2-7-15(14)12(17)18/h3,5-6,8H,1-2,4,7,14H2,(H2,13,16)(H,17,18). The summed E-state index contributed by atoms with van der Waals surface area (Å²) < 4.78 is 0. The summed E-state index contributed by atoms with van der Waals surface area (Å²) in [6.07, 6.45) is 1.09. The van der Waals surface area contributed by atoms with Crippen molar-refractivity contribution in [2.45, 2.75) is 19.3 Å². The van der Waals surface area contributed by atoms with Crippen LogP contribution in [0.4, 0.5) is 4.79 Å². The average Bonchev–Trinajstić information content (AvgIpc) is 2.34. The van der Waals surface area contributed by atoms with E-state index in [0.29, 0.717) is 18.5 Å². The highest BCUT2D eigenvalue weighted by Crippen LogP contribution is 2.08. The van der Waals surface area contributed by atoms with Gasteiger partial charge in [0.1, 0.15) is 0 Å². The van der Waals surface area contributed by atoms with E-state index in [9.17, 15) is 9.59 Å². The number of nitrogens with two attached hydrogens (primary N) is 2. The minimum absolute atomic E-state index is 0.296. The minimum atomic E-state index is -1.13. The van der Waals surface area contributed by atoms with E-state index in [4.69, 9.17) is 16.7 Å². The van der Waals surface area contributed by atoms with Gasteiger partial charge in [0, 0.05) is 12.1 Å². The Balaban J connectivity index is 2.38. The van der Waals surface area contributed by atoms with Crippen LogP contribution in [0.3, 0.4) is 0 Å². The van der Waals surface area contributed by atoms with Crippen molar-refractivity contribution in [3.63, 3.8) is 0 Å². The third-order valence-electron chi connectivity index (χ3n) is 2.57. The molecule has 0 unspecified atom stereocenters. The summed E-state index contributed by atoms with van der Waals surface area (Å²) in [6.45, 7) is 0.296. The lowest BCUT2D eigenvalue weighted by Crippen LogP contribution is -2.36. The van der Waals surface area contributed by atoms with Crippen molar-refractivity contribution in [2.75, 3.05) is 6.54 Å². The Morgan fingerprint density at radius 2 is 2.00 bits per heavy atom. The van der Waals surface area contributed by atoms with Crippen LogP contribution in [0.15, 0.2) is 24.3 Å². The second-order valence-corrected chi connectivity index (χ2v) is 4.00. The Hall–Kier alpha value is -2.08. The molecular weight excluding hydrogens is 234 g/mol. The van der Waals surface area contributed by atoms with Gasteiger partial charge in [-0.25, -0.2) is 15.6 Å². The first-order valence-electron chi connectivity index (χ1n) is 5.64. The second-order valence-electron chi connectivity index (χ2n) is 4.00. The molecule has 1 aromatic carbocycles. The van der Waals surface area contributed by atoms with Gasteiger partial charge in [0.25, 0.3) is 0 Å². The highest BCUT2D eigenvalue weighted by Gasteiger charge is 2.05. The monoisotopic (exact) mass is 251 g/mol. The van der Waals surface area contributed by atoms with Gasteiger partial charge in [-0.1, -0.05) is 12.1 Å². The smallest absolute Gasteiger partial charge is 0.421 e. The maximum Gasteiger partial charge on any atom is 0.421 e. The number of unbranched alkanes of at least 4 members (excludes halogenated alkanes) is 1. The summed E-state index contributed by atoms with van der Waals surface area (Å²) in [6, 6.07) is 7.10. The quantitative estimate of drug-likeness (QED) is 0.303. The van der Waals surface area contributed by atoms with Gasteiger partial charge in [-0.05, 0) is 37.0 Å². The number of hydrazine groups is 1. The Morgan fingerprint density at radius 3 is 2.61 bits per heavy atom. The first-order chi connectivity index (χ1) is 8.50. The predicted molar refractivity (Wildman–Crippen MR) is 66.8 cm³/mol. The Morgan fingerprint density at radius 1 is 1.28 bits per heavy atom. The molecule has 6 nitrogen and oxygen atoms in total. The number of hydrogen-bond acceptors (Lipinski definition) is 3. The number of carbonyl (C=O) groups excluding carboxylic acids is 1. The van der Waals surface area contributed by atoms with E-state index in [1.54, 1.807) is 18.2 Å². The number of carbonyl (C=O) groups is 2.